The van der Waals surface area contributed by atoms with Gasteiger partial charge < -0.3 is 4.74 Å². The maximum absolute atomic E-state index is 11.1. The number of aliphatic imine (C=N–C) groups is 1. The number of allylic oxidation sites excluding steroid dienone is 1. The highest BCUT2D eigenvalue weighted by Crippen LogP contribution is 2.13. The van der Waals surface area contributed by atoms with Gasteiger partial charge in [-0.3, -0.25) is 0 Å². The molecule has 0 saturated carbocycles. The summed E-state index contributed by atoms with van der Waals surface area (Å²) in [6, 6.07) is 0. The molecule has 0 bridgehead atoms. The Morgan fingerprint density at radius 3 is 2.64 bits per heavy atom. The Hall–Kier alpha value is -0.680. The molecular weight excluding hydrogens is 166 g/mol. The Balaban J connectivity index is 2.95. The summed E-state index contributed by atoms with van der Waals surface area (Å²) in [6.45, 7) is 1.69. The highest BCUT2D eigenvalue weighted by molar-refractivity contribution is 8.09. The van der Waals surface area contributed by atoms with Crippen molar-refractivity contribution in [3.63, 3.8) is 0 Å². The lowest BCUT2D eigenvalue weighted by Gasteiger charge is -1.95. The minimum atomic E-state index is -3.24. The lowest BCUT2D eigenvalue weighted by Crippen LogP contribution is -2.14. The molecule has 1 aliphatic rings. The van der Waals surface area contributed by atoms with Gasteiger partial charge in [0.25, 0.3) is 0 Å². The molecule has 5 heteroatoms. The standard InChI is InChI=1S/C6H9NO3S/c1-5-4-11(8,9)6(7-5)3-10-2/h4H,3H2,1-2H3. The maximum Gasteiger partial charge on any atom is 0.217 e. The van der Waals surface area contributed by atoms with Crippen LogP contribution < -0.4 is 0 Å². The molecule has 4 nitrogen and oxygen atoms in total. The van der Waals surface area contributed by atoms with Crippen molar-refractivity contribution >= 4 is 14.9 Å². The third-order valence-corrected chi connectivity index (χ3v) is 2.74. The van der Waals surface area contributed by atoms with Crippen LogP contribution in [0.25, 0.3) is 0 Å². The molecule has 0 saturated heterocycles. The van der Waals surface area contributed by atoms with Crippen LogP contribution in [0.1, 0.15) is 6.92 Å². The van der Waals surface area contributed by atoms with Crippen LogP contribution >= 0.6 is 0 Å². The lowest BCUT2D eigenvalue weighted by atomic mass is 10.6. The van der Waals surface area contributed by atoms with Gasteiger partial charge in [0.1, 0.15) is 0 Å². The van der Waals surface area contributed by atoms with Crippen molar-refractivity contribution in [3.8, 4) is 0 Å². The third-order valence-electron chi connectivity index (χ3n) is 1.22. The van der Waals surface area contributed by atoms with E-state index in [0.29, 0.717) is 5.70 Å². The molecule has 0 aromatic carbocycles. The molecule has 11 heavy (non-hydrogen) atoms. The van der Waals surface area contributed by atoms with Crippen molar-refractivity contribution in [2.75, 3.05) is 13.7 Å². The molecule has 0 spiro atoms. The van der Waals surface area contributed by atoms with Gasteiger partial charge in [0.05, 0.1) is 17.7 Å². The van der Waals surface area contributed by atoms with Gasteiger partial charge >= 0.3 is 0 Å². The summed E-state index contributed by atoms with van der Waals surface area (Å²) in [4.78, 5) is 3.80. The second-order valence-corrected chi connectivity index (χ2v) is 4.04. The molecule has 0 radical (unpaired) electrons. The largest absolute Gasteiger partial charge is 0.378 e. The van der Waals surface area contributed by atoms with Gasteiger partial charge in [0.15, 0.2) is 5.04 Å². The Morgan fingerprint density at radius 2 is 2.27 bits per heavy atom. The summed E-state index contributed by atoms with van der Waals surface area (Å²) < 4.78 is 26.8. The Bertz CT molecular complexity index is 313. The quantitative estimate of drug-likeness (QED) is 0.607. The van der Waals surface area contributed by atoms with Gasteiger partial charge in [-0.05, 0) is 6.92 Å². The molecule has 0 fully saturated rings. The van der Waals surface area contributed by atoms with Crippen molar-refractivity contribution in [3.05, 3.63) is 11.1 Å². The minimum Gasteiger partial charge on any atom is -0.378 e. The van der Waals surface area contributed by atoms with Gasteiger partial charge in [-0.25, -0.2) is 13.4 Å². The highest BCUT2D eigenvalue weighted by Gasteiger charge is 2.22. The second kappa shape index (κ2) is 2.75. The number of sulfone groups is 1. The van der Waals surface area contributed by atoms with Gasteiger partial charge in [0, 0.05) is 7.11 Å². The molecule has 0 aromatic rings. The van der Waals surface area contributed by atoms with Crippen LogP contribution in [0.4, 0.5) is 0 Å². The maximum atomic E-state index is 11.1. The van der Waals surface area contributed by atoms with E-state index < -0.39 is 9.84 Å². The van der Waals surface area contributed by atoms with Gasteiger partial charge in [-0.1, -0.05) is 0 Å². The Morgan fingerprint density at radius 1 is 1.64 bits per heavy atom. The van der Waals surface area contributed by atoms with Crippen LogP contribution in [0.3, 0.4) is 0 Å². The van der Waals surface area contributed by atoms with Gasteiger partial charge in [-0.2, -0.15) is 0 Å². The zero-order chi connectivity index (χ0) is 8.48. The third kappa shape index (κ3) is 1.66. The monoisotopic (exact) mass is 175 g/mol. The number of hydrogen-bond donors (Lipinski definition) is 0. The first-order valence-electron chi connectivity index (χ1n) is 3.06. The summed E-state index contributed by atoms with van der Waals surface area (Å²) in [6.07, 6.45) is 0. The van der Waals surface area contributed by atoms with Crippen molar-refractivity contribution in [1.29, 1.82) is 0 Å². The van der Waals surface area contributed by atoms with Crippen molar-refractivity contribution in [1.82, 2.24) is 0 Å². The van der Waals surface area contributed by atoms with E-state index in [1.54, 1.807) is 6.92 Å². The second-order valence-electron chi connectivity index (χ2n) is 2.24. The minimum absolute atomic E-state index is 0.0518. The van der Waals surface area contributed by atoms with E-state index in [1.807, 2.05) is 0 Å². The Labute approximate surface area is 65.5 Å². The van der Waals surface area contributed by atoms with Crippen LogP contribution in [0.2, 0.25) is 0 Å². The van der Waals surface area contributed by atoms with E-state index in [0.717, 1.165) is 5.41 Å². The number of methoxy groups -OCH3 is 1. The molecule has 0 N–H and O–H groups in total. The summed E-state index contributed by atoms with van der Waals surface area (Å²) in [7, 11) is -1.80. The van der Waals surface area contributed by atoms with Crippen LogP contribution in [0.5, 0.6) is 0 Å². The average Bonchev–Trinajstić information content (AvgIpc) is 2.07. The first-order chi connectivity index (χ1) is 5.06. The molecule has 0 aliphatic carbocycles. The first kappa shape index (κ1) is 8.42. The molecule has 0 amide bonds. The number of ether oxygens (including phenoxy) is 1. The summed E-state index contributed by atoms with van der Waals surface area (Å²) in [5.74, 6) is 0. The van der Waals surface area contributed by atoms with Crippen LogP contribution in [-0.4, -0.2) is 27.2 Å². The van der Waals surface area contributed by atoms with E-state index in [-0.39, 0.29) is 11.7 Å². The van der Waals surface area contributed by atoms with E-state index in [2.05, 4.69) is 9.73 Å². The fourth-order valence-electron chi connectivity index (χ4n) is 0.817. The van der Waals surface area contributed by atoms with Crippen LogP contribution in [0.15, 0.2) is 16.1 Å². The average molecular weight is 175 g/mol. The highest BCUT2D eigenvalue weighted by atomic mass is 32.2. The predicted molar refractivity (Wildman–Crippen MR) is 42.0 cm³/mol. The number of hydrogen-bond acceptors (Lipinski definition) is 4. The van der Waals surface area contributed by atoms with Gasteiger partial charge in [-0.15, -0.1) is 0 Å². The molecule has 62 valence electrons. The summed E-state index contributed by atoms with van der Waals surface area (Å²) in [5.41, 5.74) is 0.511. The van der Waals surface area contributed by atoms with E-state index in [9.17, 15) is 8.42 Å². The molecule has 1 rings (SSSR count). The first-order valence-corrected chi connectivity index (χ1v) is 4.61. The van der Waals surface area contributed by atoms with E-state index in [4.69, 9.17) is 0 Å². The van der Waals surface area contributed by atoms with E-state index in [1.165, 1.54) is 7.11 Å². The molecule has 1 aliphatic heterocycles. The zero-order valence-corrected chi connectivity index (χ0v) is 7.18. The van der Waals surface area contributed by atoms with Crippen molar-refractivity contribution in [2.45, 2.75) is 6.92 Å². The fraction of sp³-hybridized carbons (Fsp3) is 0.500. The number of nitrogens with zero attached hydrogens (tertiary/aromatic N) is 1. The van der Waals surface area contributed by atoms with Crippen molar-refractivity contribution in [2.24, 2.45) is 4.99 Å². The van der Waals surface area contributed by atoms with Crippen LogP contribution in [-0.2, 0) is 14.6 Å². The SMILES string of the molecule is COCC1=NC(C)=CS1(=O)=O. The van der Waals surface area contributed by atoms with Gasteiger partial charge in [0.2, 0.25) is 9.84 Å². The van der Waals surface area contributed by atoms with Crippen LogP contribution in [0, 0.1) is 0 Å². The Kier molecular flexibility index (Phi) is 2.10. The normalized spacial score (nSPS) is 21.3. The lowest BCUT2D eigenvalue weighted by molar-refractivity contribution is 0.247. The molecular formula is C6H9NO3S. The smallest absolute Gasteiger partial charge is 0.217 e. The molecule has 0 atom stereocenters. The zero-order valence-electron chi connectivity index (χ0n) is 6.36. The van der Waals surface area contributed by atoms with Crippen molar-refractivity contribution < 1.29 is 13.2 Å². The molecule has 0 unspecified atom stereocenters. The molecule has 0 aromatic heterocycles. The molecule has 1 heterocycles. The summed E-state index contributed by atoms with van der Waals surface area (Å²) >= 11 is 0. The van der Waals surface area contributed by atoms with E-state index >= 15 is 0 Å². The number of rotatable bonds is 2. The summed E-state index contributed by atoms with van der Waals surface area (Å²) in [5, 5.41) is 1.24. The topological polar surface area (TPSA) is 55.7 Å². The predicted octanol–water partition coefficient (Wildman–Crippen LogP) is 0.321. The fourth-order valence-corrected chi connectivity index (χ4v) is 2.01.